The molecule has 0 amide bonds. The number of nitrogens with one attached hydrogen (secondary N) is 1. The zero-order valence-electron chi connectivity index (χ0n) is 11.5. The van der Waals surface area contributed by atoms with Crippen molar-refractivity contribution in [3.63, 3.8) is 0 Å². The highest BCUT2D eigenvalue weighted by Gasteiger charge is 2.15. The van der Waals surface area contributed by atoms with E-state index < -0.39 is 0 Å². The number of nitrogens with zero attached hydrogens (tertiary/aromatic N) is 1. The first kappa shape index (κ1) is 14.5. The molecule has 21 heavy (non-hydrogen) atoms. The van der Waals surface area contributed by atoms with E-state index in [0.29, 0.717) is 0 Å². The van der Waals surface area contributed by atoms with Gasteiger partial charge in [0.05, 0.1) is 16.4 Å². The van der Waals surface area contributed by atoms with Crippen LogP contribution in [0.15, 0.2) is 56.9 Å². The van der Waals surface area contributed by atoms with E-state index in [1.165, 1.54) is 5.56 Å². The Bertz CT molecular complexity index is 708. The van der Waals surface area contributed by atoms with E-state index in [1.807, 2.05) is 19.2 Å². The molecule has 2 heterocycles. The Morgan fingerprint density at radius 2 is 2.10 bits per heavy atom. The smallest absolute Gasteiger partial charge is 0.176 e. The number of benzene rings is 1. The van der Waals surface area contributed by atoms with Crippen LogP contribution in [0, 0.1) is 0 Å². The lowest BCUT2D eigenvalue weighted by Gasteiger charge is -2.15. The Hall–Kier alpha value is -1.43. The van der Waals surface area contributed by atoms with Crippen molar-refractivity contribution in [3.8, 4) is 10.8 Å². The fraction of sp³-hybridized carbons (Fsp3) is 0.188. The first-order chi connectivity index (χ1) is 10.3. The van der Waals surface area contributed by atoms with E-state index in [1.54, 1.807) is 17.6 Å². The minimum atomic E-state index is 0.265. The largest absolute Gasteiger partial charge is 0.461 e. The molecule has 0 aliphatic rings. The maximum Gasteiger partial charge on any atom is 0.176 e. The molecule has 0 bridgehead atoms. The lowest BCUT2D eigenvalue weighted by atomic mass is 10.0. The van der Waals surface area contributed by atoms with Gasteiger partial charge in [-0.1, -0.05) is 30.3 Å². The van der Waals surface area contributed by atoms with Crippen LogP contribution in [-0.2, 0) is 6.42 Å². The Kier molecular flexibility index (Phi) is 4.53. The molecule has 1 atom stereocenters. The molecule has 0 saturated carbocycles. The SMILES string of the molecule is CNC(Cc1csc(-c2occc2Br)n1)c1ccccc1. The fourth-order valence-corrected chi connectivity index (χ4v) is 3.58. The second kappa shape index (κ2) is 6.56. The molecular weight excluding hydrogens is 348 g/mol. The highest BCUT2D eigenvalue weighted by Crippen LogP contribution is 2.32. The lowest BCUT2D eigenvalue weighted by Crippen LogP contribution is -2.18. The van der Waals surface area contributed by atoms with Crippen LogP contribution in [-0.4, -0.2) is 12.0 Å². The van der Waals surface area contributed by atoms with Crippen molar-refractivity contribution >= 4 is 27.3 Å². The topological polar surface area (TPSA) is 38.1 Å². The summed E-state index contributed by atoms with van der Waals surface area (Å²) >= 11 is 5.08. The van der Waals surface area contributed by atoms with E-state index in [-0.39, 0.29) is 6.04 Å². The van der Waals surface area contributed by atoms with Gasteiger partial charge in [0.1, 0.15) is 0 Å². The Morgan fingerprint density at radius 1 is 1.29 bits per heavy atom. The maximum absolute atomic E-state index is 5.47. The number of halogens is 1. The fourth-order valence-electron chi connectivity index (χ4n) is 2.23. The average molecular weight is 363 g/mol. The van der Waals surface area contributed by atoms with Gasteiger partial charge in [-0.25, -0.2) is 4.98 Å². The quantitative estimate of drug-likeness (QED) is 0.716. The van der Waals surface area contributed by atoms with Crippen LogP contribution in [0.5, 0.6) is 0 Å². The zero-order valence-corrected chi connectivity index (χ0v) is 13.9. The number of hydrogen-bond acceptors (Lipinski definition) is 4. The highest BCUT2D eigenvalue weighted by molar-refractivity contribution is 9.10. The second-order valence-electron chi connectivity index (χ2n) is 4.70. The van der Waals surface area contributed by atoms with E-state index in [9.17, 15) is 0 Å². The molecule has 0 aliphatic heterocycles. The molecule has 1 unspecified atom stereocenters. The van der Waals surface area contributed by atoms with Crippen LogP contribution in [0.2, 0.25) is 0 Å². The summed E-state index contributed by atoms with van der Waals surface area (Å²) in [4.78, 5) is 4.68. The Labute approximate surface area is 136 Å². The molecule has 3 rings (SSSR count). The molecule has 0 radical (unpaired) electrons. The maximum atomic E-state index is 5.47. The minimum Gasteiger partial charge on any atom is -0.461 e. The summed E-state index contributed by atoms with van der Waals surface area (Å²) in [5.74, 6) is 0.798. The van der Waals surface area contributed by atoms with Gasteiger partial charge in [0.15, 0.2) is 10.8 Å². The second-order valence-corrected chi connectivity index (χ2v) is 6.41. The molecule has 1 N–H and O–H groups in total. The van der Waals surface area contributed by atoms with Gasteiger partial charge in [-0.05, 0) is 34.6 Å². The summed E-state index contributed by atoms with van der Waals surface area (Å²) in [6.07, 6.45) is 2.52. The predicted molar refractivity (Wildman–Crippen MR) is 89.5 cm³/mol. The van der Waals surface area contributed by atoms with Crippen LogP contribution < -0.4 is 5.32 Å². The van der Waals surface area contributed by atoms with Crippen LogP contribution in [0.1, 0.15) is 17.3 Å². The normalized spacial score (nSPS) is 12.5. The van der Waals surface area contributed by atoms with Gasteiger partial charge < -0.3 is 9.73 Å². The third kappa shape index (κ3) is 3.26. The Morgan fingerprint density at radius 3 is 2.76 bits per heavy atom. The molecule has 3 nitrogen and oxygen atoms in total. The molecule has 2 aromatic heterocycles. The lowest BCUT2D eigenvalue weighted by molar-refractivity contribution is 0.576. The van der Waals surface area contributed by atoms with Gasteiger partial charge in [0.2, 0.25) is 0 Å². The molecule has 0 spiro atoms. The number of rotatable bonds is 5. The third-order valence-electron chi connectivity index (χ3n) is 3.33. The molecule has 5 heteroatoms. The van der Waals surface area contributed by atoms with Crippen LogP contribution in [0.25, 0.3) is 10.8 Å². The number of likely N-dealkylation sites (N-methyl/N-ethyl adjacent to an activating group) is 1. The monoisotopic (exact) mass is 362 g/mol. The van der Waals surface area contributed by atoms with Crippen molar-refractivity contribution < 1.29 is 4.42 Å². The first-order valence-corrected chi connectivity index (χ1v) is 8.35. The predicted octanol–water partition coefficient (Wildman–Crippen LogP) is 4.67. The number of aromatic nitrogens is 1. The summed E-state index contributed by atoms with van der Waals surface area (Å²) in [5.41, 5.74) is 2.34. The number of hydrogen-bond donors (Lipinski definition) is 1. The van der Waals surface area contributed by atoms with Gasteiger partial charge in [0.25, 0.3) is 0 Å². The van der Waals surface area contributed by atoms with Crippen molar-refractivity contribution in [2.75, 3.05) is 7.05 Å². The van der Waals surface area contributed by atoms with Crippen molar-refractivity contribution in [3.05, 3.63) is 63.8 Å². The molecule has 0 aliphatic carbocycles. The molecular formula is C16H15BrN2OS. The van der Waals surface area contributed by atoms with Crippen molar-refractivity contribution in [1.82, 2.24) is 10.3 Å². The van der Waals surface area contributed by atoms with Crippen LogP contribution >= 0.6 is 27.3 Å². The molecule has 3 aromatic rings. The van der Waals surface area contributed by atoms with E-state index in [4.69, 9.17) is 4.42 Å². The minimum absolute atomic E-state index is 0.265. The highest BCUT2D eigenvalue weighted by atomic mass is 79.9. The van der Waals surface area contributed by atoms with Gasteiger partial charge in [-0.15, -0.1) is 11.3 Å². The van der Waals surface area contributed by atoms with Crippen LogP contribution in [0.3, 0.4) is 0 Å². The summed E-state index contributed by atoms with van der Waals surface area (Å²) in [6.45, 7) is 0. The van der Waals surface area contributed by atoms with Crippen molar-refractivity contribution in [1.29, 1.82) is 0 Å². The number of thiazole rings is 1. The van der Waals surface area contributed by atoms with E-state index in [2.05, 4.69) is 55.9 Å². The van der Waals surface area contributed by atoms with Crippen molar-refractivity contribution in [2.45, 2.75) is 12.5 Å². The van der Waals surface area contributed by atoms with E-state index in [0.717, 1.165) is 27.4 Å². The van der Waals surface area contributed by atoms with Gasteiger partial charge in [-0.3, -0.25) is 0 Å². The van der Waals surface area contributed by atoms with Crippen LogP contribution in [0.4, 0.5) is 0 Å². The standard InChI is InChI=1S/C16H15BrN2OS/c1-18-14(11-5-3-2-4-6-11)9-12-10-21-16(19-12)15-13(17)7-8-20-15/h2-8,10,14,18H,9H2,1H3. The number of furan rings is 1. The van der Waals surface area contributed by atoms with Gasteiger partial charge >= 0.3 is 0 Å². The zero-order chi connectivity index (χ0) is 14.7. The summed E-state index contributed by atoms with van der Waals surface area (Å²) in [5, 5.41) is 6.36. The molecule has 0 saturated heterocycles. The summed E-state index contributed by atoms with van der Waals surface area (Å²) in [7, 11) is 1.98. The Balaban J connectivity index is 1.79. The summed E-state index contributed by atoms with van der Waals surface area (Å²) in [6, 6.07) is 12.6. The molecule has 108 valence electrons. The summed E-state index contributed by atoms with van der Waals surface area (Å²) < 4.78 is 6.41. The average Bonchev–Trinajstić information content (AvgIpc) is 3.14. The molecule has 1 aromatic carbocycles. The van der Waals surface area contributed by atoms with E-state index >= 15 is 0 Å². The van der Waals surface area contributed by atoms with Gasteiger partial charge in [0, 0.05) is 17.8 Å². The third-order valence-corrected chi connectivity index (χ3v) is 4.84. The molecule has 0 fully saturated rings. The van der Waals surface area contributed by atoms with Gasteiger partial charge in [-0.2, -0.15) is 0 Å². The first-order valence-electron chi connectivity index (χ1n) is 6.68. The van der Waals surface area contributed by atoms with Crippen molar-refractivity contribution in [2.24, 2.45) is 0 Å².